The third-order valence-corrected chi connectivity index (χ3v) is 5.06. The minimum absolute atomic E-state index is 0.0160. The zero-order valence-electron chi connectivity index (χ0n) is 17.4. The van der Waals surface area contributed by atoms with Crippen molar-refractivity contribution < 1.29 is 9.63 Å². The molecule has 1 heterocycles. The Balaban J connectivity index is 1.93. The first-order valence-corrected chi connectivity index (χ1v) is 9.67. The van der Waals surface area contributed by atoms with Crippen molar-refractivity contribution in [3.8, 4) is 11.3 Å². The number of aromatic nitrogens is 1. The highest BCUT2D eigenvalue weighted by Gasteiger charge is 2.24. The van der Waals surface area contributed by atoms with Crippen molar-refractivity contribution in [2.75, 3.05) is 6.61 Å². The smallest absolute Gasteiger partial charge is 0.160 e. The molecule has 0 aliphatic rings. The minimum atomic E-state index is -0.266. The molecule has 2 aromatic carbocycles. The minimum Gasteiger partial charge on any atom is -0.395 e. The largest absolute Gasteiger partial charge is 0.395 e. The number of aliphatic hydroxyl groups is 1. The second-order valence-corrected chi connectivity index (χ2v) is 8.91. The van der Waals surface area contributed by atoms with E-state index in [1.54, 1.807) is 0 Å². The van der Waals surface area contributed by atoms with E-state index in [1.165, 1.54) is 5.56 Å². The van der Waals surface area contributed by atoms with E-state index in [4.69, 9.17) is 4.52 Å². The van der Waals surface area contributed by atoms with Gasteiger partial charge in [-0.2, -0.15) is 0 Å². The van der Waals surface area contributed by atoms with Gasteiger partial charge in [0.15, 0.2) is 5.76 Å². The maximum Gasteiger partial charge on any atom is 0.160 e. The highest BCUT2D eigenvalue weighted by atomic mass is 16.5. The molecule has 3 rings (SSSR count). The third kappa shape index (κ3) is 4.42. The molecule has 0 aliphatic carbocycles. The van der Waals surface area contributed by atoms with Crippen LogP contribution in [0.15, 0.2) is 59.1 Å². The van der Waals surface area contributed by atoms with E-state index >= 15 is 0 Å². The summed E-state index contributed by atoms with van der Waals surface area (Å²) in [6.07, 6.45) is 4.03. The van der Waals surface area contributed by atoms with Crippen LogP contribution < -0.4 is 0 Å². The van der Waals surface area contributed by atoms with Crippen LogP contribution in [0.25, 0.3) is 23.4 Å². The second kappa shape index (κ2) is 7.76. The average Bonchev–Trinajstić information content (AvgIpc) is 3.15. The summed E-state index contributed by atoms with van der Waals surface area (Å²) in [4.78, 5) is 0. The fourth-order valence-corrected chi connectivity index (χ4v) is 3.15. The maximum atomic E-state index is 9.73. The van der Waals surface area contributed by atoms with Crippen molar-refractivity contribution in [2.45, 2.75) is 45.4 Å². The number of aliphatic hydroxyl groups excluding tert-OH is 1. The van der Waals surface area contributed by atoms with Gasteiger partial charge in [0.2, 0.25) is 0 Å². The Kier molecular flexibility index (Phi) is 5.57. The van der Waals surface area contributed by atoms with E-state index in [0.29, 0.717) is 0 Å². The Morgan fingerprint density at radius 1 is 0.929 bits per heavy atom. The summed E-state index contributed by atoms with van der Waals surface area (Å²) in [5.41, 5.74) is 5.11. The predicted molar refractivity (Wildman–Crippen MR) is 116 cm³/mol. The molecule has 28 heavy (non-hydrogen) atoms. The molecule has 0 amide bonds. The molecule has 0 spiro atoms. The zero-order chi connectivity index (χ0) is 20.4. The van der Waals surface area contributed by atoms with Crippen LogP contribution in [-0.2, 0) is 10.8 Å². The standard InChI is InChI=1S/C25H29NO2/c1-24(2,3)22-15-20(25(4,5)17-27)13-11-18(22)12-14-21-16-23(26-28-21)19-9-7-6-8-10-19/h6-16,27H,17H2,1-5H3/b14-12+. The SMILES string of the molecule is CC(C)(C)c1cc(C(C)(C)CO)ccc1/C=C/c1cc(-c2ccccc2)no1. The van der Waals surface area contributed by atoms with E-state index in [1.807, 2.05) is 42.5 Å². The quantitative estimate of drug-likeness (QED) is 0.588. The fraction of sp³-hybridized carbons (Fsp3) is 0.320. The average molecular weight is 376 g/mol. The van der Waals surface area contributed by atoms with Crippen LogP contribution in [0.5, 0.6) is 0 Å². The molecule has 0 bridgehead atoms. The molecule has 3 nitrogen and oxygen atoms in total. The molecule has 0 radical (unpaired) electrons. The summed E-state index contributed by atoms with van der Waals surface area (Å²) < 4.78 is 5.49. The van der Waals surface area contributed by atoms with Gasteiger partial charge in [-0.05, 0) is 28.2 Å². The van der Waals surface area contributed by atoms with E-state index in [-0.39, 0.29) is 17.4 Å². The molecule has 0 unspecified atom stereocenters. The Hall–Kier alpha value is -2.65. The summed E-state index contributed by atoms with van der Waals surface area (Å²) in [5.74, 6) is 0.721. The number of benzene rings is 2. The lowest BCUT2D eigenvalue weighted by Gasteiger charge is -2.28. The molecule has 3 aromatic rings. The van der Waals surface area contributed by atoms with Crippen molar-refractivity contribution in [3.05, 3.63) is 77.0 Å². The molecule has 0 saturated carbocycles. The van der Waals surface area contributed by atoms with Crippen molar-refractivity contribution in [1.29, 1.82) is 0 Å². The van der Waals surface area contributed by atoms with Crippen LogP contribution in [0, 0.1) is 0 Å². The number of hydrogen-bond acceptors (Lipinski definition) is 3. The summed E-state index contributed by atoms with van der Waals surface area (Å²) in [6.45, 7) is 10.9. The van der Waals surface area contributed by atoms with Crippen molar-refractivity contribution >= 4 is 12.2 Å². The second-order valence-electron chi connectivity index (χ2n) is 8.91. The molecule has 0 saturated heterocycles. The molecule has 0 fully saturated rings. The van der Waals surface area contributed by atoms with Crippen molar-refractivity contribution in [3.63, 3.8) is 0 Å². The van der Waals surface area contributed by atoms with Crippen LogP contribution >= 0.6 is 0 Å². The lowest BCUT2D eigenvalue weighted by atomic mass is 9.78. The molecule has 1 aromatic heterocycles. The topological polar surface area (TPSA) is 46.3 Å². The van der Waals surface area contributed by atoms with Gasteiger partial charge in [-0.3, -0.25) is 0 Å². The normalized spacial score (nSPS) is 12.6. The van der Waals surface area contributed by atoms with E-state index < -0.39 is 0 Å². The van der Waals surface area contributed by atoms with Crippen molar-refractivity contribution in [2.24, 2.45) is 0 Å². The Morgan fingerprint density at radius 2 is 1.64 bits per heavy atom. The van der Waals surface area contributed by atoms with Crippen LogP contribution in [-0.4, -0.2) is 16.9 Å². The molecule has 3 heteroatoms. The molecule has 0 aliphatic heterocycles. The number of rotatable bonds is 5. The van der Waals surface area contributed by atoms with Gasteiger partial charge in [0, 0.05) is 17.0 Å². The first kappa shape index (κ1) is 20.1. The van der Waals surface area contributed by atoms with Crippen LogP contribution in [0.1, 0.15) is 57.1 Å². The van der Waals surface area contributed by atoms with Gasteiger partial charge in [0.1, 0.15) is 5.69 Å². The Morgan fingerprint density at radius 3 is 2.29 bits per heavy atom. The molecular formula is C25H29NO2. The predicted octanol–water partition coefficient (Wildman–Crippen LogP) is 6.08. The lowest BCUT2D eigenvalue weighted by molar-refractivity contribution is 0.218. The highest BCUT2D eigenvalue weighted by molar-refractivity contribution is 5.72. The molecule has 146 valence electrons. The van der Waals surface area contributed by atoms with Gasteiger partial charge in [0.25, 0.3) is 0 Å². The summed E-state index contributed by atoms with van der Waals surface area (Å²) >= 11 is 0. The van der Waals surface area contributed by atoms with Gasteiger partial charge >= 0.3 is 0 Å². The van der Waals surface area contributed by atoms with E-state index in [9.17, 15) is 5.11 Å². The first-order chi connectivity index (χ1) is 13.2. The Labute approximate surface area is 167 Å². The van der Waals surface area contributed by atoms with Crippen LogP contribution in [0.3, 0.4) is 0 Å². The number of nitrogens with zero attached hydrogens (tertiary/aromatic N) is 1. The van der Waals surface area contributed by atoms with Gasteiger partial charge in [-0.15, -0.1) is 0 Å². The Bertz CT molecular complexity index is 960. The maximum absolute atomic E-state index is 9.73. The van der Waals surface area contributed by atoms with Crippen molar-refractivity contribution in [1.82, 2.24) is 5.16 Å². The molecular weight excluding hydrogens is 346 g/mol. The molecule has 0 atom stereocenters. The highest BCUT2D eigenvalue weighted by Crippen LogP contribution is 2.32. The van der Waals surface area contributed by atoms with Gasteiger partial charge in [-0.25, -0.2) is 0 Å². The van der Waals surface area contributed by atoms with Crippen LogP contribution in [0.2, 0.25) is 0 Å². The lowest BCUT2D eigenvalue weighted by Crippen LogP contribution is -2.23. The third-order valence-electron chi connectivity index (χ3n) is 5.06. The summed E-state index contributed by atoms with van der Waals surface area (Å²) in [5, 5.41) is 13.9. The molecule has 1 N–H and O–H groups in total. The van der Waals surface area contributed by atoms with E-state index in [0.717, 1.165) is 28.1 Å². The zero-order valence-corrected chi connectivity index (χ0v) is 17.4. The van der Waals surface area contributed by atoms with Crippen LogP contribution in [0.4, 0.5) is 0 Å². The summed E-state index contributed by atoms with van der Waals surface area (Å²) in [7, 11) is 0. The van der Waals surface area contributed by atoms with Gasteiger partial charge < -0.3 is 9.63 Å². The van der Waals surface area contributed by atoms with Gasteiger partial charge in [0.05, 0.1) is 6.61 Å². The monoisotopic (exact) mass is 375 g/mol. The van der Waals surface area contributed by atoms with Gasteiger partial charge in [-0.1, -0.05) is 94.4 Å². The first-order valence-electron chi connectivity index (χ1n) is 9.67. The van der Waals surface area contributed by atoms with E-state index in [2.05, 4.69) is 64.1 Å². The fourth-order valence-electron chi connectivity index (χ4n) is 3.15. The summed E-state index contributed by atoms with van der Waals surface area (Å²) in [6, 6.07) is 18.4. The number of hydrogen-bond donors (Lipinski definition) is 1.